The lowest BCUT2D eigenvalue weighted by Gasteiger charge is -2.17. The lowest BCUT2D eigenvalue weighted by atomic mass is 9.86. The molecule has 2 rings (SSSR count). The lowest BCUT2D eigenvalue weighted by Crippen LogP contribution is -2.18. The van der Waals surface area contributed by atoms with Gasteiger partial charge in [0.1, 0.15) is 5.75 Å². The van der Waals surface area contributed by atoms with Crippen molar-refractivity contribution >= 4 is 5.78 Å². The molecular formula is C8H6O2. The van der Waals surface area contributed by atoms with E-state index in [4.69, 9.17) is 5.11 Å². The highest BCUT2D eigenvalue weighted by molar-refractivity contribution is 6.08. The topological polar surface area (TPSA) is 37.3 Å². The maximum atomic E-state index is 10.8. The van der Waals surface area contributed by atoms with E-state index in [1.54, 1.807) is 6.07 Å². The summed E-state index contributed by atoms with van der Waals surface area (Å²) < 4.78 is 0. The SMILES string of the molecule is O=C1Cc2cccc(O)c21. The number of rotatable bonds is 0. The second kappa shape index (κ2) is 1.59. The number of Topliss-reactive ketones (excluding diaryl/α,β-unsaturated/α-hetero) is 1. The summed E-state index contributed by atoms with van der Waals surface area (Å²) in [5.74, 6) is 0.168. The van der Waals surface area contributed by atoms with Crippen molar-refractivity contribution in [1.82, 2.24) is 0 Å². The number of ketones is 1. The Hall–Kier alpha value is -1.31. The minimum Gasteiger partial charge on any atom is -0.507 e. The molecule has 0 fully saturated rings. The molecule has 0 unspecified atom stereocenters. The van der Waals surface area contributed by atoms with Gasteiger partial charge in [0.25, 0.3) is 0 Å². The van der Waals surface area contributed by atoms with Crippen LogP contribution >= 0.6 is 0 Å². The molecule has 1 aliphatic rings. The van der Waals surface area contributed by atoms with Crippen LogP contribution in [-0.2, 0) is 6.42 Å². The molecule has 0 atom stereocenters. The van der Waals surface area contributed by atoms with Crippen LogP contribution in [0.1, 0.15) is 15.9 Å². The van der Waals surface area contributed by atoms with Gasteiger partial charge in [0.2, 0.25) is 0 Å². The van der Waals surface area contributed by atoms with Crippen LogP contribution in [0, 0.1) is 0 Å². The molecule has 0 heterocycles. The van der Waals surface area contributed by atoms with Crippen LogP contribution in [-0.4, -0.2) is 10.9 Å². The zero-order chi connectivity index (χ0) is 7.14. The molecule has 0 aromatic heterocycles. The van der Waals surface area contributed by atoms with Crippen molar-refractivity contribution in [3.05, 3.63) is 29.3 Å². The summed E-state index contributed by atoms with van der Waals surface area (Å²) in [7, 11) is 0. The maximum absolute atomic E-state index is 10.8. The van der Waals surface area contributed by atoms with Crippen LogP contribution in [0.4, 0.5) is 0 Å². The van der Waals surface area contributed by atoms with E-state index in [9.17, 15) is 4.79 Å². The van der Waals surface area contributed by atoms with Gasteiger partial charge < -0.3 is 5.11 Å². The molecule has 2 nitrogen and oxygen atoms in total. The molecular weight excluding hydrogens is 128 g/mol. The Morgan fingerprint density at radius 1 is 1.40 bits per heavy atom. The first-order valence-electron chi connectivity index (χ1n) is 3.13. The highest BCUT2D eigenvalue weighted by atomic mass is 16.3. The minimum atomic E-state index is 0.0492. The van der Waals surface area contributed by atoms with E-state index in [1.807, 2.05) is 6.07 Å². The summed E-state index contributed by atoms with van der Waals surface area (Å²) in [6, 6.07) is 5.15. The van der Waals surface area contributed by atoms with Gasteiger partial charge in [-0.3, -0.25) is 4.79 Å². The van der Waals surface area contributed by atoms with Gasteiger partial charge in [0, 0.05) is 6.42 Å². The zero-order valence-electron chi connectivity index (χ0n) is 5.29. The van der Waals surface area contributed by atoms with Crippen molar-refractivity contribution < 1.29 is 9.90 Å². The Balaban J connectivity index is 2.68. The zero-order valence-corrected chi connectivity index (χ0v) is 5.29. The van der Waals surface area contributed by atoms with Crippen LogP contribution in [0.15, 0.2) is 18.2 Å². The number of carbonyl (C=O) groups excluding carboxylic acids is 1. The number of carbonyl (C=O) groups is 1. The average Bonchev–Trinajstić information content (AvgIpc) is 1.85. The number of hydrogen-bond acceptors (Lipinski definition) is 2. The highest BCUT2D eigenvalue weighted by Gasteiger charge is 2.25. The first kappa shape index (κ1) is 5.47. The van der Waals surface area contributed by atoms with Gasteiger partial charge in [0.15, 0.2) is 5.78 Å². The predicted octanol–water partition coefficient (Wildman–Crippen LogP) is 1.13. The van der Waals surface area contributed by atoms with Crippen LogP contribution in [0.5, 0.6) is 5.75 Å². The van der Waals surface area contributed by atoms with Gasteiger partial charge in [-0.1, -0.05) is 12.1 Å². The number of phenols is 1. The Morgan fingerprint density at radius 3 is 2.70 bits per heavy atom. The van der Waals surface area contributed by atoms with Crippen LogP contribution in [0.25, 0.3) is 0 Å². The van der Waals surface area contributed by atoms with Crippen molar-refractivity contribution in [2.75, 3.05) is 0 Å². The van der Waals surface area contributed by atoms with Gasteiger partial charge in [-0.2, -0.15) is 0 Å². The second-order valence-corrected chi connectivity index (χ2v) is 2.41. The Kier molecular flexibility index (Phi) is 0.873. The Morgan fingerprint density at radius 2 is 2.20 bits per heavy atom. The number of benzene rings is 1. The molecule has 0 saturated heterocycles. The molecule has 10 heavy (non-hydrogen) atoms. The molecule has 0 saturated carbocycles. The third kappa shape index (κ3) is 0.506. The molecule has 1 N–H and O–H groups in total. The molecule has 1 aromatic rings. The van der Waals surface area contributed by atoms with E-state index >= 15 is 0 Å². The molecule has 50 valence electrons. The maximum Gasteiger partial charge on any atom is 0.171 e. The van der Waals surface area contributed by atoms with E-state index in [1.165, 1.54) is 6.07 Å². The molecule has 0 spiro atoms. The van der Waals surface area contributed by atoms with Crippen molar-refractivity contribution in [3.8, 4) is 5.75 Å². The van der Waals surface area contributed by atoms with Gasteiger partial charge >= 0.3 is 0 Å². The van der Waals surface area contributed by atoms with E-state index in [-0.39, 0.29) is 11.5 Å². The van der Waals surface area contributed by atoms with Crippen molar-refractivity contribution in [2.45, 2.75) is 6.42 Å². The summed E-state index contributed by atoms with van der Waals surface area (Å²) in [5.41, 5.74) is 1.48. The minimum absolute atomic E-state index is 0.0492. The van der Waals surface area contributed by atoms with Crippen LogP contribution in [0.3, 0.4) is 0 Å². The standard InChI is InChI=1S/C8H6O2/c9-6-3-1-2-5-4-7(10)8(5)6/h1-3,9H,4H2. The van der Waals surface area contributed by atoms with Crippen molar-refractivity contribution in [2.24, 2.45) is 0 Å². The third-order valence-electron chi connectivity index (χ3n) is 1.76. The quantitative estimate of drug-likeness (QED) is 0.577. The fourth-order valence-electron chi connectivity index (χ4n) is 1.21. The van der Waals surface area contributed by atoms with E-state index in [2.05, 4.69) is 0 Å². The molecule has 2 heteroatoms. The fraction of sp³-hybridized carbons (Fsp3) is 0.125. The Bertz CT molecular complexity index is 288. The second-order valence-electron chi connectivity index (χ2n) is 2.41. The summed E-state index contributed by atoms with van der Waals surface area (Å²) >= 11 is 0. The van der Waals surface area contributed by atoms with Crippen LogP contribution in [0.2, 0.25) is 0 Å². The highest BCUT2D eigenvalue weighted by Crippen LogP contribution is 2.30. The predicted molar refractivity (Wildman–Crippen MR) is 36.1 cm³/mol. The van der Waals surface area contributed by atoms with E-state index in [0.717, 1.165) is 5.56 Å². The van der Waals surface area contributed by atoms with Gasteiger partial charge in [-0.25, -0.2) is 0 Å². The summed E-state index contributed by atoms with van der Waals surface area (Å²) in [6.07, 6.45) is 0.490. The van der Waals surface area contributed by atoms with Crippen LogP contribution < -0.4 is 0 Å². The van der Waals surface area contributed by atoms with Gasteiger partial charge in [0.05, 0.1) is 5.56 Å². The number of phenolic OH excluding ortho intramolecular Hbond substituents is 1. The molecule has 1 aliphatic carbocycles. The smallest absolute Gasteiger partial charge is 0.171 e. The molecule has 0 radical (unpaired) electrons. The van der Waals surface area contributed by atoms with Crippen molar-refractivity contribution in [1.29, 1.82) is 0 Å². The molecule has 1 aromatic carbocycles. The monoisotopic (exact) mass is 134 g/mol. The van der Waals surface area contributed by atoms with E-state index in [0.29, 0.717) is 12.0 Å². The normalized spacial score (nSPS) is 14.2. The third-order valence-corrected chi connectivity index (χ3v) is 1.76. The first-order chi connectivity index (χ1) is 4.79. The molecule has 0 bridgehead atoms. The Labute approximate surface area is 58.1 Å². The van der Waals surface area contributed by atoms with Gasteiger partial charge in [-0.05, 0) is 11.6 Å². The largest absolute Gasteiger partial charge is 0.507 e. The summed E-state index contributed by atoms with van der Waals surface area (Å²) in [4.78, 5) is 10.8. The fourth-order valence-corrected chi connectivity index (χ4v) is 1.21. The average molecular weight is 134 g/mol. The van der Waals surface area contributed by atoms with E-state index < -0.39 is 0 Å². The van der Waals surface area contributed by atoms with Crippen molar-refractivity contribution in [3.63, 3.8) is 0 Å². The number of fused-ring (bicyclic) bond motifs is 1. The van der Waals surface area contributed by atoms with Gasteiger partial charge in [-0.15, -0.1) is 0 Å². The summed E-state index contributed by atoms with van der Waals surface area (Å²) in [6.45, 7) is 0. The summed E-state index contributed by atoms with van der Waals surface area (Å²) in [5, 5.41) is 9.10. The first-order valence-corrected chi connectivity index (χ1v) is 3.13. The number of hydrogen-bond donors (Lipinski definition) is 1. The molecule has 0 aliphatic heterocycles. The lowest BCUT2D eigenvalue weighted by molar-refractivity contribution is 0.0964. The molecule has 0 amide bonds. The number of aromatic hydroxyl groups is 1.